The van der Waals surface area contributed by atoms with Crippen LogP contribution in [-0.2, 0) is 11.0 Å². The Morgan fingerprint density at radius 2 is 2.20 bits per heavy atom. The lowest BCUT2D eigenvalue weighted by atomic mass is 10.8. The highest BCUT2D eigenvalue weighted by Gasteiger charge is 2.05. The Morgan fingerprint density at radius 3 is 2.20 bits per heavy atom. The summed E-state index contributed by atoms with van der Waals surface area (Å²) in [5.74, 6) is 0.847. The van der Waals surface area contributed by atoms with Crippen molar-refractivity contribution in [3.8, 4) is 0 Å². The fourth-order valence-corrected chi connectivity index (χ4v) is 0.556. The van der Waals surface area contributed by atoms with Crippen LogP contribution in [0.1, 0.15) is 0 Å². The summed E-state index contributed by atoms with van der Waals surface area (Å²) in [6.07, 6.45) is 0. The molecule has 1 saturated heterocycles. The van der Waals surface area contributed by atoms with Crippen LogP contribution in [-0.4, -0.2) is 16.5 Å². The van der Waals surface area contributed by atoms with E-state index in [0.717, 1.165) is 12.3 Å². The maximum Gasteiger partial charge on any atom is 0.0928 e. The third-order valence-electron chi connectivity index (χ3n) is 0.551. The summed E-state index contributed by atoms with van der Waals surface area (Å²) in [4.78, 5) is 0. The van der Waals surface area contributed by atoms with Gasteiger partial charge in [0, 0.05) is 6.54 Å². The van der Waals surface area contributed by atoms with Gasteiger partial charge in [-0.1, -0.05) is 0 Å². The average molecular weight is 91.1 g/mol. The van der Waals surface area contributed by atoms with Gasteiger partial charge in [0.2, 0.25) is 0 Å². The largest absolute Gasteiger partial charge is 0.243 e. The lowest BCUT2D eigenvalue weighted by Crippen LogP contribution is -2.36. The molecule has 1 aliphatic heterocycles. The van der Waals surface area contributed by atoms with E-state index in [2.05, 4.69) is 4.72 Å². The second kappa shape index (κ2) is 1.06. The van der Waals surface area contributed by atoms with Crippen molar-refractivity contribution in [3.63, 3.8) is 0 Å². The van der Waals surface area contributed by atoms with Crippen LogP contribution in [0.4, 0.5) is 0 Å². The first-order chi connectivity index (χ1) is 2.39. The SMILES string of the molecule is O=S1CCN1. The lowest BCUT2D eigenvalue weighted by Gasteiger charge is -2.09. The van der Waals surface area contributed by atoms with Gasteiger partial charge < -0.3 is 0 Å². The Kier molecular flexibility index (Phi) is 0.704. The van der Waals surface area contributed by atoms with Crippen LogP contribution in [0, 0.1) is 0 Å². The van der Waals surface area contributed by atoms with Crippen molar-refractivity contribution in [1.29, 1.82) is 0 Å². The van der Waals surface area contributed by atoms with Crippen molar-refractivity contribution in [3.05, 3.63) is 0 Å². The minimum absolute atomic E-state index is 0.642. The van der Waals surface area contributed by atoms with Gasteiger partial charge in [0.05, 0.1) is 16.7 Å². The van der Waals surface area contributed by atoms with Gasteiger partial charge in [-0.2, -0.15) is 0 Å². The molecule has 2 nitrogen and oxygen atoms in total. The molecule has 0 aromatic heterocycles. The van der Waals surface area contributed by atoms with Crippen LogP contribution in [0.15, 0.2) is 0 Å². The molecule has 0 aliphatic carbocycles. The first kappa shape index (κ1) is 3.31. The number of hydrogen-bond donors (Lipinski definition) is 1. The van der Waals surface area contributed by atoms with Crippen molar-refractivity contribution in [2.75, 3.05) is 12.3 Å². The van der Waals surface area contributed by atoms with Crippen LogP contribution < -0.4 is 4.72 Å². The highest BCUT2D eigenvalue weighted by Crippen LogP contribution is 1.82. The lowest BCUT2D eigenvalue weighted by molar-refractivity contribution is 0.659. The quantitative estimate of drug-likeness (QED) is 0.417. The Balaban J connectivity index is 2.32. The molecule has 0 spiro atoms. The Labute approximate surface area is 33.2 Å². The van der Waals surface area contributed by atoms with Crippen LogP contribution in [0.25, 0.3) is 0 Å². The van der Waals surface area contributed by atoms with Gasteiger partial charge in [0.15, 0.2) is 0 Å². The molecule has 5 heavy (non-hydrogen) atoms. The van der Waals surface area contributed by atoms with Crippen molar-refractivity contribution < 1.29 is 4.21 Å². The van der Waals surface area contributed by atoms with E-state index < -0.39 is 11.0 Å². The summed E-state index contributed by atoms with van der Waals surface area (Å²) < 4.78 is 12.6. The minimum Gasteiger partial charge on any atom is -0.243 e. The van der Waals surface area contributed by atoms with E-state index in [-0.39, 0.29) is 0 Å². The van der Waals surface area contributed by atoms with Crippen molar-refractivity contribution in [2.45, 2.75) is 0 Å². The molecule has 1 unspecified atom stereocenters. The highest BCUT2D eigenvalue weighted by atomic mass is 32.2. The van der Waals surface area contributed by atoms with Gasteiger partial charge in [-0.25, -0.2) is 8.93 Å². The summed E-state index contributed by atoms with van der Waals surface area (Å²) in [7, 11) is -0.642. The monoisotopic (exact) mass is 91.0 g/mol. The molecule has 0 aromatic carbocycles. The number of hydrogen-bond acceptors (Lipinski definition) is 1. The zero-order valence-electron chi connectivity index (χ0n) is 2.73. The van der Waals surface area contributed by atoms with Gasteiger partial charge in [-0.05, 0) is 0 Å². The summed E-state index contributed by atoms with van der Waals surface area (Å²) in [5, 5.41) is 0. The third kappa shape index (κ3) is 0.490. The highest BCUT2D eigenvalue weighted by molar-refractivity contribution is 7.84. The van der Waals surface area contributed by atoms with Crippen LogP contribution in [0.2, 0.25) is 0 Å². The zero-order chi connectivity index (χ0) is 3.70. The maximum absolute atomic E-state index is 9.90. The predicted octanol–water partition coefficient (Wildman–Crippen LogP) is -0.747. The van der Waals surface area contributed by atoms with Gasteiger partial charge in [0.25, 0.3) is 0 Å². The molecule has 1 aliphatic rings. The Morgan fingerprint density at radius 1 is 1.80 bits per heavy atom. The zero-order valence-corrected chi connectivity index (χ0v) is 3.55. The number of rotatable bonds is 0. The molecule has 0 radical (unpaired) electrons. The summed E-state index contributed by atoms with van der Waals surface area (Å²) in [5.41, 5.74) is 0. The predicted molar refractivity (Wildman–Crippen MR) is 21.0 cm³/mol. The molecule has 3 heteroatoms. The molecule has 1 fully saturated rings. The standard InChI is InChI=1S/C2H5NOS/c4-5-2-1-3-5/h3H,1-2H2. The topological polar surface area (TPSA) is 29.1 Å². The van der Waals surface area contributed by atoms with E-state index in [4.69, 9.17) is 0 Å². The van der Waals surface area contributed by atoms with Crippen LogP contribution in [0.3, 0.4) is 0 Å². The molecule has 1 N–H and O–H groups in total. The van der Waals surface area contributed by atoms with Crippen molar-refractivity contribution in [2.24, 2.45) is 0 Å². The normalized spacial score (nSPS) is 36.4. The third-order valence-corrected chi connectivity index (χ3v) is 1.65. The molecular weight excluding hydrogens is 86.1 g/mol. The first-order valence-corrected chi connectivity index (χ1v) is 2.83. The Bertz CT molecular complexity index is 56.7. The van der Waals surface area contributed by atoms with E-state index in [1.807, 2.05) is 0 Å². The molecule has 0 aromatic rings. The van der Waals surface area contributed by atoms with Gasteiger partial charge in [-0.3, -0.25) is 0 Å². The van der Waals surface area contributed by atoms with Gasteiger partial charge in [0.1, 0.15) is 0 Å². The van der Waals surface area contributed by atoms with Crippen LogP contribution >= 0.6 is 0 Å². The molecule has 0 bridgehead atoms. The van der Waals surface area contributed by atoms with E-state index in [9.17, 15) is 4.21 Å². The molecule has 1 rings (SSSR count). The fraction of sp³-hybridized carbons (Fsp3) is 1.00. The van der Waals surface area contributed by atoms with E-state index in [0.29, 0.717) is 0 Å². The molecule has 1 atom stereocenters. The second-order valence-corrected chi connectivity index (χ2v) is 2.33. The summed E-state index contributed by atoms with van der Waals surface area (Å²) >= 11 is 0. The van der Waals surface area contributed by atoms with Gasteiger partial charge >= 0.3 is 0 Å². The van der Waals surface area contributed by atoms with Crippen LogP contribution in [0.5, 0.6) is 0 Å². The molecule has 0 saturated carbocycles. The van der Waals surface area contributed by atoms with Crippen molar-refractivity contribution >= 4 is 11.0 Å². The van der Waals surface area contributed by atoms with E-state index in [1.165, 1.54) is 0 Å². The van der Waals surface area contributed by atoms with E-state index in [1.54, 1.807) is 0 Å². The second-order valence-electron chi connectivity index (χ2n) is 0.944. The average Bonchev–Trinajstić information content (AvgIpc) is 1.30. The maximum atomic E-state index is 9.90. The number of nitrogens with one attached hydrogen (secondary N) is 1. The molecular formula is C2H5NOS. The van der Waals surface area contributed by atoms with Crippen molar-refractivity contribution in [1.82, 2.24) is 4.72 Å². The molecule has 30 valence electrons. The Hall–Kier alpha value is 0.110. The fourth-order valence-electron chi connectivity index (χ4n) is 0.185. The summed E-state index contributed by atoms with van der Waals surface area (Å²) in [6, 6.07) is 0. The summed E-state index contributed by atoms with van der Waals surface area (Å²) in [6.45, 7) is 0.937. The first-order valence-electron chi connectivity index (χ1n) is 1.51. The minimum atomic E-state index is -0.642. The van der Waals surface area contributed by atoms with Gasteiger partial charge in [-0.15, -0.1) is 0 Å². The molecule has 1 heterocycles. The molecule has 0 amide bonds. The smallest absolute Gasteiger partial charge is 0.0928 e. The van der Waals surface area contributed by atoms with E-state index >= 15 is 0 Å².